The van der Waals surface area contributed by atoms with Crippen LogP contribution in [-0.2, 0) is 4.74 Å². The van der Waals surface area contributed by atoms with E-state index in [-0.39, 0.29) is 16.1 Å². The zero-order valence-corrected chi connectivity index (χ0v) is 7.03. The number of halogens is 2. The van der Waals surface area contributed by atoms with Crippen LogP contribution in [0.2, 0.25) is 10.3 Å². The molecular weight excluding hydrogens is 191 g/mol. The summed E-state index contributed by atoms with van der Waals surface area (Å²) in [6, 6.07) is 0. The van der Waals surface area contributed by atoms with Crippen LogP contribution in [0.4, 0.5) is 0 Å². The van der Waals surface area contributed by atoms with Gasteiger partial charge in [0, 0.05) is 0 Å². The summed E-state index contributed by atoms with van der Waals surface area (Å²) in [5.74, 6) is -0.596. The van der Waals surface area contributed by atoms with E-state index in [4.69, 9.17) is 23.2 Å². The molecule has 11 heavy (non-hydrogen) atoms. The zero-order chi connectivity index (χ0) is 8.43. The third kappa shape index (κ3) is 1.64. The zero-order valence-electron chi connectivity index (χ0n) is 5.52. The predicted molar refractivity (Wildman–Crippen MR) is 39.9 cm³/mol. The summed E-state index contributed by atoms with van der Waals surface area (Å²) < 4.78 is 4.35. The summed E-state index contributed by atoms with van der Waals surface area (Å²) in [4.78, 5) is 16.8. The van der Waals surface area contributed by atoms with Gasteiger partial charge >= 0.3 is 5.97 Å². The number of hydrogen-bond acceptors (Lipinski definition) is 3. The second-order valence-corrected chi connectivity index (χ2v) is 2.42. The van der Waals surface area contributed by atoms with Gasteiger partial charge in [-0.1, -0.05) is 23.2 Å². The second-order valence-electron chi connectivity index (χ2n) is 1.68. The van der Waals surface area contributed by atoms with E-state index in [1.807, 2.05) is 0 Å². The molecule has 0 aliphatic carbocycles. The Bertz CT molecular complexity index is 265. The van der Waals surface area contributed by atoms with Crippen molar-refractivity contribution in [1.29, 1.82) is 0 Å². The fraction of sp³-hybridized carbons (Fsp3) is 0.200. The molecular formula is C5H4Cl2N2O2. The number of carbonyl (C=O) groups is 1. The average molecular weight is 195 g/mol. The first-order valence-corrected chi connectivity index (χ1v) is 3.40. The van der Waals surface area contributed by atoms with E-state index in [1.54, 1.807) is 0 Å². The molecule has 0 aliphatic rings. The van der Waals surface area contributed by atoms with E-state index in [1.165, 1.54) is 7.11 Å². The van der Waals surface area contributed by atoms with Crippen LogP contribution in [0.5, 0.6) is 0 Å². The minimum absolute atomic E-state index is 0.00231. The molecule has 4 nitrogen and oxygen atoms in total. The Hall–Kier alpha value is -0.740. The molecule has 1 heterocycles. The van der Waals surface area contributed by atoms with Crippen LogP contribution in [0.1, 0.15) is 10.6 Å². The van der Waals surface area contributed by atoms with E-state index in [0.717, 1.165) is 0 Å². The Morgan fingerprint density at radius 3 is 2.64 bits per heavy atom. The normalized spacial score (nSPS) is 9.73. The molecule has 0 amide bonds. The van der Waals surface area contributed by atoms with Gasteiger partial charge in [0.15, 0.2) is 5.15 Å². The lowest BCUT2D eigenvalue weighted by atomic mass is 10.6. The van der Waals surface area contributed by atoms with Crippen molar-refractivity contribution in [2.24, 2.45) is 0 Å². The van der Waals surface area contributed by atoms with Gasteiger partial charge in [0.1, 0.15) is 5.15 Å². The van der Waals surface area contributed by atoms with Crippen molar-refractivity contribution in [2.75, 3.05) is 7.11 Å². The van der Waals surface area contributed by atoms with Crippen LogP contribution in [0.15, 0.2) is 0 Å². The first-order chi connectivity index (χ1) is 5.15. The van der Waals surface area contributed by atoms with Crippen molar-refractivity contribution in [3.05, 3.63) is 16.1 Å². The van der Waals surface area contributed by atoms with Gasteiger partial charge in [-0.05, 0) is 0 Å². The number of aromatic amines is 1. The number of rotatable bonds is 1. The Morgan fingerprint density at radius 2 is 2.27 bits per heavy atom. The number of methoxy groups -OCH3 is 1. The van der Waals surface area contributed by atoms with Gasteiger partial charge in [-0.2, -0.15) is 0 Å². The van der Waals surface area contributed by atoms with Gasteiger partial charge in [-0.3, -0.25) is 0 Å². The minimum Gasteiger partial charge on any atom is -0.463 e. The molecule has 0 aromatic carbocycles. The maximum atomic E-state index is 10.7. The number of carbonyl (C=O) groups excluding carboxylic acids is 1. The Balaban J connectivity index is 2.97. The first-order valence-electron chi connectivity index (χ1n) is 2.64. The largest absolute Gasteiger partial charge is 0.463 e. The van der Waals surface area contributed by atoms with Gasteiger partial charge in [-0.15, -0.1) is 0 Å². The van der Waals surface area contributed by atoms with Gasteiger partial charge < -0.3 is 9.72 Å². The van der Waals surface area contributed by atoms with Gasteiger partial charge in [0.05, 0.1) is 7.11 Å². The minimum atomic E-state index is -0.598. The highest BCUT2D eigenvalue weighted by Crippen LogP contribution is 2.17. The lowest BCUT2D eigenvalue weighted by Crippen LogP contribution is -2.02. The number of aromatic nitrogens is 2. The smallest absolute Gasteiger partial charge is 0.374 e. The number of nitrogens with zero attached hydrogens (tertiary/aromatic N) is 1. The van der Waals surface area contributed by atoms with Crippen molar-refractivity contribution in [3.63, 3.8) is 0 Å². The van der Waals surface area contributed by atoms with Gasteiger partial charge in [-0.25, -0.2) is 9.78 Å². The molecule has 0 fully saturated rings. The lowest BCUT2D eigenvalue weighted by Gasteiger charge is -1.90. The van der Waals surface area contributed by atoms with Crippen LogP contribution < -0.4 is 0 Å². The van der Waals surface area contributed by atoms with Crippen LogP contribution in [0, 0.1) is 0 Å². The quantitative estimate of drug-likeness (QED) is 0.690. The molecule has 0 saturated carbocycles. The lowest BCUT2D eigenvalue weighted by molar-refractivity contribution is 0.0588. The predicted octanol–water partition coefficient (Wildman–Crippen LogP) is 1.50. The molecule has 60 valence electrons. The van der Waals surface area contributed by atoms with Crippen molar-refractivity contribution in [1.82, 2.24) is 9.97 Å². The number of ether oxygens (including phenoxy) is 1. The summed E-state index contributed by atoms with van der Waals surface area (Å²) in [5, 5.41) is 0.194. The topological polar surface area (TPSA) is 55.0 Å². The van der Waals surface area contributed by atoms with Crippen molar-refractivity contribution in [3.8, 4) is 0 Å². The highest BCUT2D eigenvalue weighted by molar-refractivity contribution is 6.40. The number of esters is 1. The third-order valence-corrected chi connectivity index (χ3v) is 1.64. The molecule has 0 bridgehead atoms. The molecule has 0 aliphatic heterocycles. The van der Waals surface area contributed by atoms with Crippen molar-refractivity contribution in [2.45, 2.75) is 0 Å². The number of hydrogen-bond donors (Lipinski definition) is 1. The van der Waals surface area contributed by atoms with Crippen LogP contribution in [0.25, 0.3) is 0 Å². The number of nitrogens with one attached hydrogen (secondary N) is 1. The molecule has 1 N–H and O–H groups in total. The standard InChI is InChI=1S/C5H4Cl2N2O2/c1-11-5(10)4-8-2(6)3(7)9-4/h1H3,(H,8,9). The SMILES string of the molecule is COC(=O)c1nc(Cl)c(Cl)[nH]1. The molecule has 6 heteroatoms. The van der Waals surface area contributed by atoms with Crippen molar-refractivity contribution >= 4 is 29.2 Å². The van der Waals surface area contributed by atoms with Gasteiger partial charge in [0.25, 0.3) is 0 Å². The summed E-state index contributed by atoms with van der Waals surface area (Å²) in [7, 11) is 1.24. The van der Waals surface area contributed by atoms with E-state index in [2.05, 4.69) is 14.7 Å². The van der Waals surface area contributed by atoms with E-state index < -0.39 is 5.97 Å². The second kappa shape index (κ2) is 3.11. The van der Waals surface area contributed by atoms with E-state index in [9.17, 15) is 4.79 Å². The number of H-pyrrole nitrogens is 1. The summed E-state index contributed by atoms with van der Waals surface area (Å²) >= 11 is 10.9. The summed E-state index contributed by atoms with van der Waals surface area (Å²) in [6.45, 7) is 0. The van der Waals surface area contributed by atoms with E-state index in [0.29, 0.717) is 0 Å². The summed E-state index contributed by atoms with van der Waals surface area (Å²) in [5.41, 5.74) is 0. The van der Waals surface area contributed by atoms with Gasteiger partial charge in [0.2, 0.25) is 5.82 Å². The monoisotopic (exact) mass is 194 g/mol. The molecule has 1 rings (SSSR count). The van der Waals surface area contributed by atoms with Crippen molar-refractivity contribution < 1.29 is 9.53 Å². The molecule has 1 aromatic rings. The molecule has 0 saturated heterocycles. The maximum Gasteiger partial charge on any atom is 0.374 e. The maximum absolute atomic E-state index is 10.7. The first kappa shape index (κ1) is 8.36. The summed E-state index contributed by atoms with van der Waals surface area (Å²) in [6.07, 6.45) is 0. The number of imidazole rings is 1. The van der Waals surface area contributed by atoms with E-state index >= 15 is 0 Å². The fourth-order valence-corrected chi connectivity index (χ4v) is 0.788. The molecule has 0 radical (unpaired) electrons. The van der Waals surface area contributed by atoms with Crippen LogP contribution in [-0.4, -0.2) is 23.0 Å². The van der Waals surface area contributed by atoms with Crippen LogP contribution in [0.3, 0.4) is 0 Å². The molecule has 0 atom stereocenters. The molecule has 1 aromatic heterocycles. The Morgan fingerprint density at radius 1 is 1.64 bits per heavy atom. The molecule has 0 unspecified atom stereocenters. The highest BCUT2D eigenvalue weighted by atomic mass is 35.5. The highest BCUT2D eigenvalue weighted by Gasteiger charge is 2.12. The Kier molecular flexibility index (Phi) is 2.36. The fourth-order valence-electron chi connectivity index (χ4n) is 0.524. The van der Waals surface area contributed by atoms with Crippen LogP contribution >= 0.6 is 23.2 Å². The Labute approximate surface area is 72.5 Å². The average Bonchev–Trinajstić information content (AvgIpc) is 2.31. The third-order valence-electron chi connectivity index (χ3n) is 0.998. The molecule has 0 spiro atoms.